The number of hydrogen-bond donors (Lipinski definition) is 1. The summed E-state index contributed by atoms with van der Waals surface area (Å²) in [6, 6.07) is 17.0. The third-order valence-corrected chi connectivity index (χ3v) is 8.45. The Morgan fingerprint density at radius 3 is 2.48 bits per heavy atom. The fourth-order valence-corrected chi connectivity index (χ4v) is 5.81. The molecule has 2 aliphatic heterocycles. The number of amides is 1. The Labute approximate surface area is 239 Å². The Bertz CT molecular complexity index is 1250. The predicted octanol–water partition coefficient (Wildman–Crippen LogP) is 5.79. The van der Waals surface area contributed by atoms with Crippen molar-refractivity contribution in [3.63, 3.8) is 0 Å². The summed E-state index contributed by atoms with van der Waals surface area (Å²) in [7, 11) is 0. The number of carbonyl (C=O) groups excluding carboxylic acids is 1. The minimum absolute atomic E-state index is 0.0281. The maximum atomic E-state index is 13.1. The van der Waals surface area contributed by atoms with Crippen LogP contribution in [0.2, 0.25) is 0 Å². The smallest absolute Gasteiger partial charge is 0.241 e. The number of carbonyl (C=O) groups is 1. The molecule has 3 heterocycles. The van der Waals surface area contributed by atoms with Crippen LogP contribution in [-0.2, 0) is 29.8 Å². The molecule has 7 nitrogen and oxygen atoms in total. The van der Waals surface area contributed by atoms with E-state index >= 15 is 0 Å². The second kappa shape index (κ2) is 12.6. The topological polar surface area (TPSA) is 74.5 Å². The lowest BCUT2D eigenvalue weighted by atomic mass is 9.87. The molecule has 0 spiro atoms. The van der Waals surface area contributed by atoms with Gasteiger partial charge in [0.05, 0.1) is 12.5 Å². The molecule has 1 N–H and O–H groups in total. The Morgan fingerprint density at radius 2 is 1.73 bits per heavy atom. The Balaban J connectivity index is 1.10. The molecule has 2 aliphatic rings. The van der Waals surface area contributed by atoms with Crippen LogP contribution in [0.25, 0.3) is 11.4 Å². The minimum atomic E-state index is -0.0281. The van der Waals surface area contributed by atoms with Crippen LogP contribution in [0, 0.1) is 11.8 Å². The minimum Gasteiger partial charge on any atom is -0.352 e. The molecule has 0 aliphatic carbocycles. The van der Waals surface area contributed by atoms with Gasteiger partial charge < -0.3 is 9.84 Å². The highest BCUT2D eigenvalue weighted by molar-refractivity contribution is 5.79. The van der Waals surface area contributed by atoms with Crippen LogP contribution in [0.5, 0.6) is 0 Å². The van der Waals surface area contributed by atoms with E-state index in [0.717, 1.165) is 43.0 Å². The van der Waals surface area contributed by atoms with E-state index in [1.54, 1.807) is 0 Å². The van der Waals surface area contributed by atoms with Crippen molar-refractivity contribution in [3.8, 4) is 11.4 Å². The highest BCUT2D eigenvalue weighted by atomic mass is 16.5. The van der Waals surface area contributed by atoms with E-state index in [4.69, 9.17) is 4.52 Å². The molecule has 1 amide bonds. The largest absolute Gasteiger partial charge is 0.352 e. The average molecular weight is 544 g/mol. The second-order valence-electron chi connectivity index (χ2n) is 12.9. The molecule has 0 saturated carbocycles. The summed E-state index contributed by atoms with van der Waals surface area (Å²) in [5, 5.41) is 7.41. The Morgan fingerprint density at radius 1 is 0.975 bits per heavy atom. The Kier molecular flexibility index (Phi) is 9.01. The first-order chi connectivity index (χ1) is 19.2. The van der Waals surface area contributed by atoms with Crippen LogP contribution in [0.15, 0.2) is 53.1 Å². The molecule has 5 rings (SSSR count). The maximum Gasteiger partial charge on any atom is 0.241 e. The van der Waals surface area contributed by atoms with E-state index in [-0.39, 0.29) is 17.2 Å². The molecule has 40 heavy (non-hydrogen) atoms. The summed E-state index contributed by atoms with van der Waals surface area (Å²) >= 11 is 0. The zero-order chi connectivity index (χ0) is 28.1. The summed E-state index contributed by atoms with van der Waals surface area (Å²) in [6.07, 6.45) is 4.46. The van der Waals surface area contributed by atoms with Gasteiger partial charge in [-0.15, -0.1) is 0 Å². The SMILES string of the molecule is CC1CCN(Cc2cccc(CNC(=O)C3CCCN(Cc4nc(-c5ccc(C(C)(C)C)cc5)no4)C3)c2)CC1. The van der Waals surface area contributed by atoms with Crippen molar-refractivity contribution in [2.45, 2.75) is 78.4 Å². The first-order valence-electron chi connectivity index (χ1n) is 15.0. The number of nitrogens with zero attached hydrogens (tertiary/aromatic N) is 4. The maximum absolute atomic E-state index is 13.1. The van der Waals surface area contributed by atoms with E-state index in [0.29, 0.717) is 31.3 Å². The van der Waals surface area contributed by atoms with Gasteiger partial charge in [-0.05, 0) is 73.3 Å². The van der Waals surface area contributed by atoms with Crippen LogP contribution >= 0.6 is 0 Å². The second-order valence-corrected chi connectivity index (χ2v) is 12.9. The molecule has 1 atom stereocenters. The van der Waals surface area contributed by atoms with Gasteiger partial charge in [-0.2, -0.15) is 4.98 Å². The molecule has 2 aromatic carbocycles. The average Bonchev–Trinajstić information content (AvgIpc) is 3.41. The highest BCUT2D eigenvalue weighted by Crippen LogP contribution is 2.26. The zero-order valence-electron chi connectivity index (χ0n) is 24.7. The number of nitrogens with one attached hydrogen (secondary N) is 1. The van der Waals surface area contributed by atoms with Crippen molar-refractivity contribution in [3.05, 3.63) is 71.1 Å². The molecule has 1 unspecified atom stereocenters. The third-order valence-electron chi connectivity index (χ3n) is 8.45. The van der Waals surface area contributed by atoms with E-state index in [2.05, 4.69) is 101 Å². The van der Waals surface area contributed by atoms with E-state index < -0.39 is 0 Å². The molecular formula is C33H45N5O2. The number of benzene rings is 2. The molecule has 1 aromatic heterocycles. The number of rotatable bonds is 8. The van der Waals surface area contributed by atoms with Crippen molar-refractivity contribution < 1.29 is 9.32 Å². The van der Waals surface area contributed by atoms with Gasteiger partial charge in [-0.1, -0.05) is 81.4 Å². The zero-order valence-corrected chi connectivity index (χ0v) is 24.7. The number of hydrogen-bond acceptors (Lipinski definition) is 6. The molecule has 2 saturated heterocycles. The highest BCUT2D eigenvalue weighted by Gasteiger charge is 2.27. The first-order valence-corrected chi connectivity index (χ1v) is 15.0. The quantitative estimate of drug-likeness (QED) is 0.387. The van der Waals surface area contributed by atoms with Gasteiger partial charge >= 0.3 is 0 Å². The van der Waals surface area contributed by atoms with Crippen molar-refractivity contribution in [1.82, 2.24) is 25.3 Å². The molecule has 2 fully saturated rings. The molecule has 0 radical (unpaired) electrons. The van der Waals surface area contributed by atoms with Crippen LogP contribution in [-0.4, -0.2) is 52.0 Å². The summed E-state index contributed by atoms with van der Waals surface area (Å²) in [5.74, 6) is 2.15. The van der Waals surface area contributed by atoms with E-state index in [1.165, 1.54) is 37.1 Å². The Hall–Kier alpha value is -3.03. The third kappa shape index (κ3) is 7.58. The lowest BCUT2D eigenvalue weighted by Gasteiger charge is -2.31. The van der Waals surface area contributed by atoms with Crippen LogP contribution < -0.4 is 5.32 Å². The number of piperidine rings is 2. The predicted molar refractivity (Wildman–Crippen MR) is 158 cm³/mol. The summed E-state index contributed by atoms with van der Waals surface area (Å²) in [6.45, 7) is 15.1. The standard InChI is InChI=1S/C33H45N5O2/c1-24-14-17-37(18-15-24)21-26-8-5-7-25(19-26)20-34-32(39)28-9-6-16-38(22-28)23-30-35-31(36-40-30)27-10-12-29(13-11-27)33(2,3)4/h5,7-8,10-13,19,24,28H,6,9,14-18,20-23H2,1-4H3,(H,34,39). The van der Waals surface area contributed by atoms with Gasteiger partial charge in [0.15, 0.2) is 0 Å². The first kappa shape index (κ1) is 28.5. The lowest BCUT2D eigenvalue weighted by molar-refractivity contribution is -0.127. The normalized spacial score (nSPS) is 19.6. The van der Waals surface area contributed by atoms with Gasteiger partial charge in [0, 0.05) is 25.2 Å². The molecular weight excluding hydrogens is 498 g/mol. The van der Waals surface area contributed by atoms with Crippen LogP contribution in [0.1, 0.15) is 76.0 Å². The van der Waals surface area contributed by atoms with Gasteiger partial charge in [0.1, 0.15) is 0 Å². The van der Waals surface area contributed by atoms with E-state index in [9.17, 15) is 4.79 Å². The van der Waals surface area contributed by atoms with Gasteiger partial charge in [0.2, 0.25) is 17.6 Å². The summed E-state index contributed by atoms with van der Waals surface area (Å²) in [5.41, 5.74) is 4.83. The molecule has 0 bridgehead atoms. The van der Waals surface area contributed by atoms with Crippen molar-refractivity contribution in [2.75, 3.05) is 26.2 Å². The van der Waals surface area contributed by atoms with Crippen molar-refractivity contribution >= 4 is 5.91 Å². The fourth-order valence-electron chi connectivity index (χ4n) is 5.81. The van der Waals surface area contributed by atoms with Crippen molar-refractivity contribution in [2.24, 2.45) is 11.8 Å². The molecule has 3 aromatic rings. The molecule has 214 valence electrons. The van der Waals surface area contributed by atoms with Gasteiger partial charge in [-0.3, -0.25) is 14.6 Å². The van der Waals surface area contributed by atoms with Crippen molar-refractivity contribution in [1.29, 1.82) is 0 Å². The van der Waals surface area contributed by atoms with Gasteiger partial charge in [0.25, 0.3) is 0 Å². The van der Waals surface area contributed by atoms with Crippen LogP contribution in [0.3, 0.4) is 0 Å². The fraction of sp³-hybridized carbons (Fsp3) is 0.545. The summed E-state index contributed by atoms with van der Waals surface area (Å²) < 4.78 is 5.58. The monoisotopic (exact) mass is 543 g/mol. The van der Waals surface area contributed by atoms with Gasteiger partial charge in [-0.25, -0.2) is 0 Å². The summed E-state index contributed by atoms with van der Waals surface area (Å²) in [4.78, 5) is 22.5. The molecule has 7 heteroatoms. The lowest BCUT2D eigenvalue weighted by Crippen LogP contribution is -2.42. The number of likely N-dealkylation sites (tertiary alicyclic amines) is 2. The number of aromatic nitrogens is 2. The van der Waals surface area contributed by atoms with Crippen LogP contribution in [0.4, 0.5) is 0 Å². The van der Waals surface area contributed by atoms with E-state index in [1.807, 2.05) is 0 Å².